The summed E-state index contributed by atoms with van der Waals surface area (Å²) in [6.45, 7) is 0.750. The van der Waals surface area contributed by atoms with E-state index in [0.29, 0.717) is 13.1 Å². The van der Waals surface area contributed by atoms with Crippen molar-refractivity contribution in [3.8, 4) is 5.75 Å². The summed E-state index contributed by atoms with van der Waals surface area (Å²) in [7, 11) is 0. The van der Waals surface area contributed by atoms with Crippen LogP contribution in [0.3, 0.4) is 0 Å². The first-order valence-corrected chi connectivity index (χ1v) is 8.79. The average molecular weight is 365 g/mol. The maximum absolute atomic E-state index is 12.9. The first-order valence-electron chi connectivity index (χ1n) is 8.79. The van der Waals surface area contributed by atoms with Crippen molar-refractivity contribution in [1.29, 1.82) is 0 Å². The quantitative estimate of drug-likeness (QED) is 0.811. The normalized spacial score (nSPS) is 21.6. The number of para-hydroxylation sites is 1. The van der Waals surface area contributed by atoms with E-state index in [0.717, 1.165) is 16.9 Å². The van der Waals surface area contributed by atoms with Crippen LogP contribution in [0.1, 0.15) is 23.7 Å². The fourth-order valence-corrected chi connectivity index (χ4v) is 3.35. The molecule has 2 aromatic rings. The summed E-state index contributed by atoms with van der Waals surface area (Å²) >= 11 is 0. The van der Waals surface area contributed by atoms with Crippen LogP contribution in [0.25, 0.3) is 0 Å². The molecule has 7 heteroatoms. The second-order valence-electron chi connectivity index (χ2n) is 6.62. The molecule has 4 rings (SSSR count). The molecule has 0 aromatic heterocycles. The van der Waals surface area contributed by atoms with Crippen LogP contribution in [0.4, 0.5) is 4.79 Å². The molecule has 2 atom stereocenters. The summed E-state index contributed by atoms with van der Waals surface area (Å²) in [5.41, 5.74) is 1.88. The third-order valence-corrected chi connectivity index (χ3v) is 4.75. The molecule has 2 unspecified atom stereocenters. The van der Waals surface area contributed by atoms with E-state index in [4.69, 9.17) is 4.74 Å². The Morgan fingerprint density at radius 1 is 1.07 bits per heavy atom. The van der Waals surface area contributed by atoms with E-state index < -0.39 is 18.0 Å². The summed E-state index contributed by atoms with van der Waals surface area (Å²) in [6.07, 6.45) is -0.396. The minimum absolute atomic E-state index is 0.0821. The summed E-state index contributed by atoms with van der Waals surface area (Å²) in [5.74, 6) is 0.0616. The highest BCUT2D eigenvalue weighted by molar-refractivity contribution is 6.05. The van der Waals surface area contributed by atoms with Crippen LogP contribution in [0.15, 0.2) is 54.6 Å². The highest BCUT2D eigenvalue weighted by Gasteiger charge is 2.34. The van der Waals surface area contributed by atoms with Gasteiger partial charge in [-0.05, 0) is 11.6 Å². The lowest BCUT2D eigenvalue weighted by molar-refractivity contribution is -0.135. The molecule has 1 fully saturated rings. The Bertz CT molecular complexity index is 884. The maximum atomic E-state index is 12.9. The SMILES string of the molecule is O=C1NC(=O)C(CC(=O)N2Cc3ccccc3OC(c3ccccc3)C2)N1. The number of nitrogens with zero attached hydrogens (tertiary/aromatic N) is 1. The first kappa shape index (κ1) is 17.1. The number of imide groups is 1. The third-order valence-electron chi connectivity index (χ3n) is 4.75. The van der Waals surface area contributed by atoms with Crippen molar-refractivity contribution in [3.05, 3.63) is 65.7 Å². The molecule has 0 bridgehead atoms. The monoisotopic (exact) mass is 365 g/mol. The number of benzene rings is 2. The Morgan fingerprint density at radius 2 is 1.81 bits per heavy atom. The number of urea groups is 1. The molecule has 2 N–H and O–H groups in total. The third kappa shape index (κ3) is 3.62. The zero-order valence-corrected chi connectivity index (χ0v) is 14.6. The van der Waals surface area contributed by atoms with Gasteiger partial charge in [-0.15, -0.1) is 0 Å². The van der Waals surface area contributed by atoms with Crippen molar-refractivity contribution in [2.45, 2.75) is 25.1 Å². The summed E-state index contributed by atoms with van der Waals surface area (Å²) in [5, 5.41) is 4.63. The topological polar surface area (TPSA) is 87.7 Å². The van der Waals surface area contributed by atoms with Gasteiger partial charge in [-0.2, -0.15) is 0 Å². The number of hydrogen-bond donors (Lipinski definition) is 2. The van der Waals surface area contributed by atoms with Gasteiger partial charge in [0.2, 0.25) is 5.91 Å². The highest BCUT2D eigenvalue weighted by atomic mass is 16.5. The number of nitrogens with one attached hydrogen (secondary N) is 2. The van der Waals surface area contributed by atoms with Gasteiger partial charge >= 0.3 is 6.03 Å². The van der Waals surface area contributed by atoms with Crippen molar-refractivity contribution < 1.29 is 19.1 Å². The maximum Gasteiger partial charge on any atom is 0.322 e. The minimum Gasteiger partial charge on any atom is -0.484 e. The second-order valence-corrected chi connectivity index (χ2v) is 6.62. The van der Waals surface area contributed by atoms with E-state index in [9.17, 15) is 14.4 Å². The number of amides is 4. The lowest BCUT2D eigenvalue weighted by Crippen LogP contribution is -2.40. The zero-order valence-electron chi connectivity index (χ0n) is 14.6. The average Bonchev–Trinajstić information content (AvgIpc) is 2.88. The lowest BCUT2D eigenvalue weighted by atomic mass is 10.1. The molecule has 1 saturated heterocycles. The predicted octanol–water partition coefficient (Wildman–Crippen LogP) is 1.75. The molecule has 0 spiro atoms. The van der Waals surface area contributed by atoms with E-state index in [1.165, 1.54) is 0 Å². The molecular formula is C20H19N3O4. The van der Waals surface area contributed by atoms with Crippen LogP contribution >= 0.6 is 0 Å². The van der Waals surface area contributed by atoms with Gasteiger partial charge in [0.25, 0.3) is 5.91 Å². The molecule has 7 nitrogen and oxygen atoms in total. The van der Waals surface area contributed by atoms with E-state index in [2.05, 4.69) is 10.6 Å². The summed E-state index contributed by atoms with van der Waals surface area (Å²) < 4.78 is 6.19. The lowest BCUT2D eigenvalue weighted by Gasteiger charge is -2.25. The second kappa shape index (κ2) is 7.11. The van der Waals surface area contributed by atoms with Gasteiger partial charge in [-0.1, -0.05) is 48.5 Å². The molecule has 0 saturated carbocycles. The van der Waals surface area contributed by atoms with E-state index in [1.807, 2.05) is 54.6 Å². The molecule has 2 aliphatic rings. The van der Waals surface area contributed by atoms with Gasteiger partial charge in [-0.25, -0.2) is 4.79 Å². The Hall–Kier alpha value is -3.35. The van der Waals surface area contributed by atoms with Gasteiger partial charge in [0.05, 0.1) is 13.0 Å². The van der Waals surface area contributed by atoms with Crippen molar-refractivity contribution in [1.82, 2.24) is 15.5 Å². The molecule has 27 heavy (non-hydrogen) atoms. The van der Waals surface area contributed by atoms with Crippen LogP contribution < -0.4 is 15.4 Å². The fraction of sp³-hybridized carbons (Fsp3) is 0.250. The summed E-state index contributed by atoms with van der Waals surface area (Å²) in [6, 6.07) is 15.9. The number of fused-ring (bicyclic) bond motifs is 1. The number of ether oxygens (including phenoxy) is 1. The van der Waals surface area contributed by atoms with Crippen LogP contribution in [0.5, 0.6) is 5.75 Å². The predicted molar refractivity (Wildman–Crippen MR) is 96.7 cm³/mol. The van der Waals surface area contributed by atoms with Crippen molar-refractivity contribution >= 4 is 17.8 Å². The molecular weight excluding hydrogens is 346 g/mol. The van der Waals surface area contributed by atoms with Crippen LogP contribution in [-0.2, 0) is 16.1 Å². The highest BCUT2D eigenvalue weighted by Crippen LogP contribution is 2.31. The van der Waals surface area contributed by atoms with Gasteiger partial charge in [0.1, 0.15) is 17.9 Å². The Morgan fingerprint density at radius 3 is 2.56 bits per heavy atom. The largest absolute Gasteiger partial charge is 0.484 e. The van der Waals surface area contributed by atoms with Crippen molar-refractivity contribution in [2.75, 3.05) is 6.54 Å². The number of carbonyl (C=O) groups is 3. The van der Waals surface area contributed by atoms with Crippen molar-refractivity contribution in [2.24, 2.45) is 0 Å². The number of carbonyl (C=O) groups excluding carboxylic acids is 3. The molecule has 2 heterocycles. The zero-order chi connectivity index (χ0) is 18.8. The first-order chi connectivity index (χ1) is 13.1. The standard InChI is InChI=1S/C20H19N3O4/c24-18(10-15-19(25)22-20(26)21-15)23-11-14-8-4-5-9-16(14)27-17(12-23)13-6-2-1-3-7-13/h1-9,15,17H,10-12H2,(H2,21,22,25,26). The van der Waals surface area contributed by atoms with Gasteiger partial charge < -0.3 is 15.0 Å². The Kier molecular flexibility index (Phi) is 4.50. The van der Waals surface area contributed by atoms with E-state index in [-0.39, 0.29) is 18.4 Å². The fourth-order valence-electron chi connectivity index (χ4n) is 3.35. The van der Waals surface area contributed by atoms with E-state index >= 15 is 0 Å². The van der Waals surface area contributed by atoms with Crippen molar-refractivity contribution in [3.63, 3.8) is 0 Å². The molecule has 138 valence electrons. The van der Waals surface area contributed by atoms with Gasteiger partial charge in [0, 0.05) is 12.1 Å². The smallest absolute Gasteiger partial charge is 0.322 e. The molecule has 4 amide bonds. The van der Waals surface area contributed by atoms with Crippen LogP contribution in [0.2, 0.25) is 0 Å². The Balaban J connectivity index is 1.58. The molecule has 0 aliphatic carbocycles. The Labute approximate surface area is 156 Å². The molecule has 0 radical (unpaired) electrons. The minimum atomic E-state index is -0.834. The molecule has 2 aliphatic heterocycles. The number of rotatable bonds is 3. The molecule has 2 aromatic carbocycles. The van der Waals surface area contributed by atoms with Crippen LogP contribution in [-0.4, -0.2) is 35.3 Å². The number of hydrogen-bond acceptors (Lipinski definition) is 4. The van der Waals surface area contributed by atoms with Gasteiger partial charge in [0.15, 0.2) is 0 Å². The van der Waals surface area contributed by atoms with Crippen LogP contribution in [0, 0.1) is 0 Å². The summed E-state index contributed by atoms with van der Waals surface area (Å²) in [4.78, 5) is 37.6. The van der Waals surface area contributed by atoms with Gasteiger partial charge in [-0.3, -0.25) is 14.9 Å². The van der Waals surface area contributed by atoms with E-state index in [1.54, 1.807) is 4.90 Å².